The highest BCUT2D eigenvalue weighted by molar-refractivity contribution is 6.07. The Morgan fingerprint density at radius 2 is 1.58 bits per heavy atom. The normalized spacial score (nSPS) is 11.7. The van der Waals surface area contributed by atoms with Crippen LogP contribution in [0.4, 0.5) is 0 Å². The van der Waals surface area contributed by atoms with E-state index in [0.29, 0.717) is 5.56 Å². The Morgan fingerprint density at radius 3 is 2.29 bits per heavy atom. The number of fused-ring (bicyclic) bond motifs is 1. The molecular formula is C27H25N3O. The Balaban J connectivity index is 1.59. The van der Waals surface area contributed by atoms with E-state index in [1.807, 2.05) is 72.8 Å². The molecule has 0 aliphatic heterocycles. The highest BCUT2D eigenvalue weighted by Crippen LogP contribution is 2.25. The lowest BCUT2D eigenvalue weighted by Crippen LogP contribution is -2.18. The van der Waals surface area contributed by atoms with Gasteiger partial charge in [-0.1, -0.05) is 93.6 Å². The first-order valence-corrected chi connectivity index (χ1v) is 10.3. The van der Waals surface area contributed by atoms with Gasteiger partial charge in [-0.15, -0.1) is 0 Å². The summed E-state index contributed by atoms with van der Waals surface area (Å²) >= 11 is 0. The average Bonchev–Trinajstić information content (AvgIpc) is 2.78. The van der Waals surface area contributed by atoms with Crippen LogP contribution in [0, 0.1) is 0 Å². The smallest absolute Gasteiger partial charge is 0.267 e. The molecule has 0 saturated carbocycles. The van der Waals surface area contributed by atoms with Crippen LogP contribution in [0.3, 0.4) is 0 Å². The summed E-state index contributed by atoms with van der Waals surface area (Å²) in [5.41, 5.74) is 7.99. The van der Waals surface area contributed by atoms with E-state index in [1.165, 1.54) is 5.56 Å². The molecule has 0 unspecified atom stereocenters. The Morgan fingerprint density at radius 1 is 0.903 bits per heavy atom. The second kappa shape index (κ2) is 8.52. The molecule has 4 nitrogen and oxygen atoms in total. The van der Waals surface area contributed by atoms with Crippen molar-refractivity contribution in [2.75, 3.05) is 0 Å². The third-order valence-corrected chi connectivity index (χ3v) is 5.19. The fourth-order valence-electron chi connectivity index (χ4n) is 3.41. The van der Waals surface area contributed by atoms with Gasteiger partial charge in [0.25, 0.3) is 5.91 Å². The zero-order valence-corrected chi connectivity index (χ0v) is 18.0. The van der Waals surface area contributed by atoms with Crippen LogP contribution in [-0.2, 0) is 5.41 Å². The van der Waals surface area contributed by atoms with E-state index >= 15 is 0 Å². The number of hydrogen-bond donors (Lipinski definition) is 1. The number of aromatic nitrogens is 1. The lowest BCUT2D eigenvalue weighted by Gasteiger charge is -2.18. The zero-order chi connectivity index (χ0) is 21.8. The van der Waals surface area contributed by atoms with Crippen LogP contribution in [-0.4, -0.2) is 17.1 Å². The quantitative estimate of drug-likeness (QED) is 0.335. The van der Waals surface area contributed by atoms with Gasteiger partial charge in [0.1, 0.15) is 0 Å². The van der Waals surface area contributed by atoms with Crippen molar-refractivity contribution in [1.82, 2.24) is 10.4 Å². The van der Waals surface area contributed by atoms with Crippen LogP contribution < -0.4 is 5.43 Å². The van der Waals surface area contributed by atoms with Crippen LogP contribution in [0.15, 0.2) is 90.0 Å². The first-order chi connectivity index (χ1) is 14.9. The number of carbonyl (C=O) groups excluding carboxylic acids is 1. The molecule has 1 aromatic heterocycles. The maximum absolute atomic E-state index is 13.0. The summed E-state index contributed by atoms with van der Waals surface area (Å²) in [5.74, 6) is -0.265. The minimum atomic E-state index is -0.265. The summed E-state index contributed by atoms with van der Waals surface area (Å²) in [4.78, 5) is 17.7. The fourth-order valence-corrected chi connectivity index (χ4v) is 3.41. The largest absolute Gasteiger partial charge is 0.272 e. The van der Waals surface area contributed by atoms with Crippen LogP contribution >= 0.6 is 0 Å². The standard InChI is InChI=1S/C27H25N3O/c1-27(2,3)21-15-13-19(14-16-21)18-28-30-26(31)23-17-25(20-9-5-4-6-10-20)29-24-12-8-7-11-22(23)24/h4-18H,1-3H3,(H,30,31)/b28-18-. The number of amides is 1. The van der Waals surface area contributed by atoms with E-state index in [1.54, 1.807) is 6.21 Å². The van der Waals surface area contributed by atoms with Crippen LogP contribution in [0.1, 0.15) is 42.3 Å². The van der Waals surface area contributed by atoms with E-state index in [0.717, 1.165) is 27.7 Å². The minimum absolute atomic E-state index is 0.1000. The van der Waals surface area contributed by atoms with E-state index in [2.05, 4.69) is 43.4 Å². The molecule has 1 heterocycles. The first kappa shape index (κ1) is 20.5. The first-order valence-electron chi connectivity index (χ1n) is 10.3. The Kier molecular flexibility index (Phi) is 5.63. The molecule has 4 heteroatoms. The number of nitrogens with zero attached hydrogens (tertiary/aromatic N) is 2. The molecular weight excluding hydrogens is 382 g/mol. The van der Waals surface area contributed by atoms with Crippen molar-refractivity contribution < 1.29 is 4.79 Å². The molecule has 0 fully saturated rings. The second-order valence-electron chi connectivity index (χ2n) is 8.51. The zero-order valence-electron chi connectivity index (χ0n) is 18.0. The number of para-hydroxylation sites is 1. The molecule has 0 spiro atoms. The van der Waals surface area contributed by atoms with Crippen molar-refractivity contribution in [3.8, 4) is 11.3 Å². The van der Waals surface area contributed by atoms with Crippen molar-refractivity contribution in [2.24, 2.45) is 5.10 Å². The highest BCUT2D eigenvalue weighted by atomic mass is 16.2. The van der Waals surface area contributed by atoms with E-state index in [-0.39, 0.29) is 11.3 Å². The van der Waals surface area contributed by atoms with Gasteiger partial charge in [0.2, 0.25) is 0 Å². The molecule has 0 aliphatic carbocycles. The monoisotopic (exact) mass is 407 g/mol. The predicted molar refractivity (Wildman–Crippen MR) is 127 cm³/mol. The number of pyridine rings is 1. The van der Waals surface area contributed by atoms with Gasteiger partial charge in [0.05, 0.1) is 23.0 Å². The molecule has 0 aliphatic rings. The second-order valence-corrected chi connectivity index (χ2v) is 8.51. The minimum Gasteiger partial charge on any atom is -0.267 e. The van der Waals surface area contributed by atoms with Gasteiger partial charge in [0, 0.05) is 10.9 Å². The maximum Gasteiger partial charge on any atom is 0.272 e. The molecule has 0 radical (unpaired) electrons. The molecule has 4 rings (SSSR count). The predicted octanol–water partition coefficient (Wildman–Crippen LogP) is 5.96. The van der Waals surface area contributed by atoms with Gasteiger partial charge in [-0.3, -0.25) is 4.79 Å². The van der Waals surface area contributed by atoms with E-state index in [9.17, 15) is 4.79 Å². The van der Waals surface area contributed by atoms with Gasteiger partial charge in [0.15, 0.2) is 0 Å². The summed E-state index contributed by atoms with van der Waals surface area (Å²) in [6, 6.07) is 27.5. The van der Waals surface area contributed by atoms with Crippen LogP contribution in [0.5, 0.6) is 0 Å². The summed E-state index contributed by atoms with van der Waals surface area (Å²) in [5, 5.41) is 4.97. The number of hydrogen-bond acceptors (Lipinski definition) is 3. The molecule has 4 aromatic rings. The van der Waals surface area contributed by atoms with E-state index in [4.69, 9.17) is 4.98 Å². The van der Waals surface area contributed by atoms with Crippen LogP contribution in [0.2, 0.25) is 0 Å². The van der Waals surface area contributed by atoms with Crippen molar-refractivity contribution in [3.05, 3.63) is 102 Å². The fraction of sp³-hybridized carbons (Fsp3) is 0.148. The van der Waals surface area contributed by atoms with Gasteiger partial charge >= 0.3 is 0 Å². The van der Waals surface area contributed by atoms with Crippen molar-refractivity contribution in [2.45, 2.75) is 26.2 Å². The maximum atomic E-state index is 13.0. The summed E-state index contributed by atoms with van der Waals surface area (Å²) in [7, 11) is 0. The Bertz CT molecular complexity index is 1240. The molecule has 31 heavy (non-hydrogen) atoms. The summed E-state index contributed by atoms with van der Waals surface area (Å²) < 4.78 is 0. The molecule has 3 aromatic carbocycles. The van der Waals surface area contributed by atoms with Gasteiger partial charge in [-0.25, -0.2) is 10.4 Å². The molecule has 1 N–H and O–H groups in total. The lowest BCUT2D eigenvalue weighted by atomic mass is 9.87. The lowest BCUT2D eigenvalue weighted by molar-refractivity contribution is 0.0956. The summed E-state index contributed by atoms with van der Waals surface area (Å²) in [6.07, 6.45) is 1.66. The number of hydrazone groups is 1. The topological polar surface area (TPSA) is 54.4 Å². The SMILES string of the molecule is CC(C)(C)c1ccc(/C=N\NC(=O)c2cc(-c3ccccc3)nc3ccccc23)cc1. The van der Waals surface area contributed by atoms with Gasteiger partial charge in [-0.2, -0.15) is 5.10 Å². The van der Waals surface area contributed by atoms with Crippen LogP contribution in [0.25, 0.3) is 22.2 Å². The van der Waals surface area contributed by atoms with E-state index < -0.39 is 0 Å². The number of rotatable bonds is 4. The highest BCUT2D eigenvalue weighted by Gasteiger charge is 2.14. The van der Waals surface area contributed by atoms with Gasteiger partial charge in [-0.05, 0) is 28.7 Å². The third kappa shape index (κ3) is 4.69. The summed E-state index contributed by atoms with van der Waals surface area (Å²) in [6.45, 7) is 6.54. The number of carbonyl (C=O) groups is 1. The van der Waals surface area contributed by atoms with Gasteiger partial charge < -0.3 is 0 Å². The molecule has 0 bridgehead atoms. The number of benzene rings is 3. The van der Waals surface area contributed by atoms with Crippen molar-refractivity contribution in [1.29, 1.82) is 0 Å². The molecule has 154 valence electrons. The molecule has 1 amide bonds. The number of nitrogens with one attached hydrogen (secondary N) is 1. The third-order valence-electron chi connectivity index (χ3n) is 5.19. The molecule has 0 atom stereocenters. The molecule has 0 saturated heterocycles. The Hall–Kier alpha value is -3.79. The van der Waals surface area contributed by atoms with Crippen molar-refractivity contribution in [3.63, 3.8) is 0 Å². The Labute approximate surface area is 182 Å². The van der Waals surface area contributed by atoms with Crippen molar-refractivity contribution >= 4 is 23.0 Å². The average molecular weight is 408 g/mol.